The van der Waals surface area contributed by atoms with E-state index < -0.39 is 17.8 Å². The number of carbonyl (C=O) groups is 3. The van der Waals surface area contributed by atoms with Gasteiger partial charge in [-0.05, 0) is 49.3 Å². The molecular formula is C28H38N4O6. The van der Waals surface area contributed by atoms with E-state index in [1.165, 1.54) is 7.11 Å². The van der Waals surface area contributed by atoms with Gasteiger partial charge in [-0.2, -0.15) is 5.10 Å². The molecule has 2 atom stereocenters. The summed E-state index contributed by atoms with van der Waals surface area (Å²) in [6.07, 6.45) is 4.68. The Balaban J connectivity index is 1.94. The van der Waals surface area contributed by atoms with Crippen molar-refractivity contribution in [1.82, 2.24) is 20.4 Å². The van der Waals surface area contributed by atoms with Crippen molar-refractivity contribution in [3.8, 4) is 22.8 Å². The zero-order chi connectivity index (χ0) is 27.8. The number of hydrogen-bond donors (Lipinski definition) is 2. The highest BCUT2D eigenvalue weighted by Crippen LogP contribution is 2.42. The Labute approximate surface area is 223 Å². The molecule has 1 saturated carbocycles. The first-order valence-corrected chi connectivity index (χ1v) is 12.8. The average molecular weight is 527 g/mol. The van der Waals surface area contributed by atoms with Crippen LogP contribution in [0.1, 0.15) is 63.0 Å². The zero-order valence-electron chi connectivity index (χ0n) is 23.0. The lowest BCUT2D eigenvalue weighted by atomic mass is 10.1. The Morgan fingerprint density at radius 2 is 1.82 bits per heavy atom. The van der Waals surface area contributed by atoms with Crippen LogP contribution in [0, 0.1) is 11.8 Å². The van der Waals surface area contributed by atoms with Gasteiger partial charge in [0, 0.05) is 5.70 Å². The van der Waals surface area contributed by atoms with E-state index in [9.17, 15) is 14.4 Å². The van der Waals surface area contributed by atoms with Crippen molar-refractivity contribution >= 4 is 17.8 Å². The third-order valence-corrected chi connectivity index (χ3v) is 6.48. The topological polar surface area (TPSA) is 121 Å². The highest BCUT2D eigenvalue weighted by molar-refractivity contribution is 5.96. The van der Waals surface area contributed by atoms with E-state index in [4.69, 9.17) is 14.6 Å². The maximum Gasteiger partial charge on any atom is 0.325 e. The van der Waals surface area contributed by atoms with Crippen molar-refractivity contribution in [2.75, 3.05) is 27.9 Å². The monoisotopic (exact) mass is 526 g/mol. The number of rotatable bonds is 11. The third kappa shape index (κ3) is 7.14. The number of hydrogen-bond acceptors (Lipinski definition) is 7. The second-order valence-corrected chi connectivity index (χ2v) is 9.89. The molecule has 1 aliphatic carbocycles. The summed E-state index contributed by atoms with van der Waals surface area (Å²) >= 11 is 0. The smallest absolute Gasteiger partial charge is 0.325 e. The maximum atomic E-state index is 13.4. The summed E-state index contributed by atoms with van der Waals surface area (Å²) in [5, 5.41) is 10.1. The molecule has 206 valence electrons. The molecule has 0 saturated heterocycles. The van der Waals surface area contributed by atoms with Gasteiger partial charge in [0.15, 0.2) is 5.69 Å². The predicted molar refractivity (Wildman–Crippen MR) is 143 cm³/mol. The first-order chi connectivity index (χ1) is 18.2. The molecule has 1 fully saturated rings. The summed E-state index contributed by atoms with van der Waals surface area (Å²) in [5.41, 5.74) is 2.10. The summed E-state index contributed by atoms with van der Waals surface area (Å²) in [5.74, 6) is 0.466. The number of aromatic nitrogens is 2. The van der Waals surface area contributed by atoms with Crippen molar-refractivity contribution in [1.29, 1.82) is 0 Å². The van der Waals surface area contributed by atoms with E-state index in [0.717, 1.165) is 30.5 Å². The molecule has 1 aliphatic rings. The number of methoxy groups -OCH3 is 3. The molecule has 2 N–H and O–H groups in total. The van der Waals surface area contributed by atoms with Crippen LogP contribution < -0.4 is 20.1 Å². The normalized spacial score (nSPS) is 17.3. The summed E-state index contributed by atoms with van der Waals surface area (Å²) in [7, 11) is 4.44. The minimum absolute atomic E-state index is 0.0737. The second-order valence-electron chi connectivity index (χ2n) is 9.89. The molecule has 3 rings (SSSR count). The van der Waals surface area contributed by atoms with Crippen LogP contribution in [0.5, 0.6) is 11.5 Å². The van der Waals surface area contributed by atoms with Crippen molar-refractivity contribution in [2.24, 2.45) is 11.8 Å². The fourth-order valence-electron chi connectivity index (χ4n) is 4.71. The Morgan fingerprint density at radius 3 is 2.37 bits per heavy atom. The van der Waals surface area contributed by atoms with Gasteiger partial charge in [-0.15, -0.1) is 0 Å². The number of allylic oxidation sites excluding steroid dienone is 1. The van der Waals surface area contributed by atoms with Gasteiger partial charge in [0.05, 0.1) is 45.0 Å². The van der Waals surface area contributed by atoms with Crippen LogP contribution in [0.4, 0.5) is 0 Å². The van der Waals surface area contributed by atoms with E-state index in [-0.39, 0.29) is 30.6 Å². The van der Waals surface area contributed by atoms with Crippen LogP contribution in [0.3, 0.4) is 0 Å². The fraction of sp³-hybridized carbons (Fsp3) is 0.500. The van der Waals surface area contributed by atoms with Crippen LogP contribution in [0.25, 0.3) is 11.3 Å². The Kier molecular flexibility index (Phi) is 9.92. The Bertz CT molecular complexity index is 1160. The fourth-order valence-corrected chi connectivity index (χ4v) is 4.71. The highest BCUT2D eigenvalue weighted by Gasteiger charge is 2.29. The van der Waals surface area contributed by atoms with Gasteiger partial charge in [0.2, 0.25) is 5.91 Å². The number of nitrogens with zero attached hydrogens (tertiary/aromatic N) is 2. The molecule has 2 aromatic rings. The molecule has 1 aromatic carbocycles. The molecule has 0 aliphatic heterocycles. The molecule has 1 heterocycles. The van der Waals surface area contributed by atoms with Crippen molar-refractivity contribution in [3.63, 3.8) is 0 Å². The van der Waals surface area contributed by atoms with Gasteiger partial charge >= 0.3 is 5.97 Å². The third-order valence-electron chi connectivity index (χ3n) is 6.48. The van der Waals surface area contributed by atoms with E-state index >= 15 is 0 Å². The molecule has 0 spiro atoms. The number of benzene rings is 1. The van der Waals surface area contributed by atoms with Crippen LogP contribution in [-0.4, -0.2) is 55.4 Å². The van der Waals surface area contributed by atoms with Crippen LogP contribution in [-0.2, 0) is 14.3 Å². The Hall–Kier alpha value is -3.82. The molecular weight excluding hydrogens is 488 g/mol. The van der Waals surface area contributed by atoms with Crippen LogP contribution >= 0.6 is 0 Å². The average Bonchev–Trinajstić information content (AvgIpc) is 3.52. The van der Waals surface area contributed by atoms with Crippen molar-refractivity contribution in [3.05, 3.63) is 41.7 Å². The second kappa shape index (κ2) is 13.1. The Morgan fingerprint density at radius 1 is 1.13 bits per heavy atom. The van der Waals surface area contributed by atoms with Crippen molar-refractivity contribution < 1.29 is 28.6 Å². The first-order valence-electron chi connectivity index (χ1n) is 12.8. The zero-order valence-corrected chi connectivity index (χ0v) is 23.0. The first kappa shape index (κ1) is 28.7. The highest BCUT2D eigenvalue weighted by atomic mass is 16.5. The standard InChI is InChI=1S/C28H38N4O6/c1-17(2)12-19(14-25(33)29-16-26(34)38-6)30-28(35)21-15-22(32(31-21)20-11-10-18(3)13-20)27-23(36-4)8-7-9-24(27)37-5/h7-9,12,15,17-18,20H,10-11,13-14,16H2,1-6H3,(H,29,33)(H,30,35)/b19-12+. The van der Waals surface area contributed by atoms with E-state index in [1.54, 1.807) is 26.4 Å². The number of carbonyl (C=O) groups excluding carboxylic acids is 3. The van der Waals surface area contributed by atoms with Crippen molar-refractivity contribution in [2.45, 2.75) is 52.5 Å². The summed E-state index contributed by atoms with van der Waals surface area (Å²) in [6, 6.07) is 7.42. The maximum absolute atomic E-state index is 13.4. The summed E-state index contributed by atoms with van der Waals surface area (Å²) < 4.78 is 17.8. The van der Waals surface area contributed by atoms with Crippen LogP contribution in [0.2, 0.25) is 0 Å². The van der Waals surface area contributed by atoms with E-state index in [2.05, 4.69) is 22.3 Å². The molecule has 10 nitrogen and oxygen atoms in total. The summed E-state index contributed by atoms with van der Waals surface area (Å²) in [4.78, 5) is 37.2. The molecule has 1 aromatic heterocycles. The number of esters is 1. The predicted octanol–water partition coefficient (Wildman–Crippen LogP) is 3.88. The lowest BCUT2D eigenvalue weighted by Crippen LogP contribution is -2.33. The SMILES string of the molecule is COC(=O)CNC(=O)C/C(=C\C(C)C)NC(=O)c1cc(-c2c(OC)cccc2OC)n(C2CCC(C)C2)n1. The molecule has 2 amide bonds. The number of nitrogens with one attached hydrogen (secondary N) is 2. The lowest BCUT2D eigenvalue weighted by Gasteiger charge is -2.18. The quantitative estimate of drug-likeness (QED) is 0.426. The van der Waals surface area contributed by atoms with E-state index in [1.807, 2.05) is 36.7 Å². The lowest BCUT2D eigenvalue weighted by molar-refractivity contribution is -0.141. The van der Waals surface area contributed by atoms with Gasteiger partial charge in [-0.25, -0.2) is 0 Å². The van der Waals surface area contributed by atoms with E-state index in [0.29, 0.717) is 23.1 Å². The minimum atomic E-state index is -0.553. The number of amides is 2. The largest absolute Gasteiger partial charge is 0.496 e. The summed E-state index contributed by atoms with van der Waals surface area (Å²) in [6.45, 7) is 5.86. The molecule has 38 heavy (non-hydrogen) atoms. The molecule has 10 heteroatoms. The number of ether oxygens (including phenoxy) is 3. The van der Waals surface area contributed by atoms with Gasteiger partial charge in [0.25, 0.3) is 5.91 Å². The molecule has 2 unspecified atom stereocenters. The van der Waals surface area contributed by atoms with Gasteiger partial charge in [0.1, 0.15) is 18.0 Å². The van der Waals surface area contributed by atoms with Gasteiger partial charge in [-0.1, -0.05) is 32.9 Å². The molecule has 0 bridgehead atoms. The van der Waals surface area contributed by atoms with Gasteiger partial charge in [-0.3, -0.25) is 19.1 Å². The van der Waals surface area contributed by atoms with Gasteiger partial charge < -0.3 is 24.8 Å². The van der Waals surface area contributed by atoms with Crippen LogP contribution in [0.15, 0.2) is 36.0 Å². The molecule has 0 radical (unpaired) electrons. The minimum Gasteiger partial charge on any atom is -0.496 e.